The molecule has 4 aromatic rings. The molecule has 0 bridgehead atoms. The van der Waals surface area contributed by atoms with Gasteiger partial charge in [-0.1, -0.05) is 30.3 Å². The first-order valence-corrected chi connectivity index (χ1v) is 7.74. The minimum absolute atomic E-state index is 0.0332. The van der Waals surface area contributed by atoms with Gasteiger partial charge < -0.3 is 5.32 Å². The first-order valence-electron chi connectivity index (χ1n) is 7.74. The van der Waals surface area contributed by atoms with E-state index in [1.54, 1.807) is 24.3 Å². The monoisotopic (exact) mass is 347 g/mol. The minimum Gasteiger partial charge on any atom is -0.324 e. The highest BCUT2D eigenvalue weighted by Gasteiger charge is 2.09. The number of carbonyl (C=O) groups is 1. The highest BCUT2D eigenvalue weighted by Crippen LogP contribution is 2.13. The van der Waals surface area contributed by atoms with E-state index in [1.165, 1.54) is 15.8 Å². The summed E-state index contributed by atoms with van der Waals surface area (Å²) < 4.78 is 1.52. The predicted octanol–water partition coefficient (Wildman–Crippen LogP) is 0.954. The Morgan fingerprint density at radius 1 is 1.00 bits per heavy atom. The molecule has 1 N–H and O–H groups in total. The van der Waals surface area contributed by atoms with Crippen molar-refractivity contribution < 1.29 is 4.79 Å². The third-order valence-electron chi connectivity index (χ3n) is 3.53. The van der Waals surface area contributed by atoms with Gasteiger partial charge in [-0.3, -0.25) is 4.79 Å². The van der Waals surface area contributed by atoms with Crippen LogP contribution in [-0.4, -0.2) is 46.3 Å². The summed E-state index contributed by atoms with van der Waals surface area (Å²) in [6, 6.07) is 16.6. The number of nitrogens with one attached hydrogen (secondary N) is 1. The molecule has 0 aliphatic carbocycles. The normalized spacial score (nSPS) is 10.6. The summed E-state index contributed by atoms with van der Waals surface area (Å²) in [6.45, 7) is -0.0332. The molecule has 0 saturated carbocycles. The third kappa shape index (κ3) is 3.43. The van der Waals surface area contributed by atoms with Gasteiger partial charge in [0.2, 0.25) is 11.7 Å². The highest BCUT2D eigenvalue weighted by molar-refractivity contribution is 5.90. The van der Waals surface area contributed by atoms with Crippen LogP contribution in [0, 0.1) is 0 Å². The average Bonchev–Trinajstić information content (AvgIpc) is 3.35. The Hall–Kier alpha value is -3.95. The summed E-state index contributed by atoms with van der Waals surface area (Å²) >= 11 is 0. The van der Waals surface area contributed by atoms with Crippen LogP contribution in [0.1, 0.15) is 0 Å². The SMILES string of the molecule is O=C(Cn1nnc(-c2ccccc2)n1)Nc1ccc(-n2cnnn2)cc1. The van der Waals surface area contributed by atoms with Crippen LogP contribution in [0.2, 0.25) is 0 Å². The topological polar surface area (TPSA) is 116 Å². The summed E-state index contributed by atoms with van der Waals surface area (Å²) in [7, 11) is 0. The standard InChI is InChI=1S/C16H13N9O/c26-15(10-25-20-16(19-22-25)12-4-2-1-3-5-12)18-13-6-8-14(9-7-13)24-11-17-21-23-24/h1-9,11H,10H2,(H,18,26). The number of anilines is 1. The lowest BCUT2D eigenvalue weighted by Crippen LogP contribution is -2.20. The Labute approximate surface area is 147 Å². The largest absolute Gasteiger partial charge is 0.324 e. The fourth-order valence-corrected chi connectivity index (χ4v) is 2.32. The Morgan fingerprint density at radius 3 is 2.54 bits per heavy atom. The van der Waals surface area contributed by atoms with Crippen LogP contribution < -0.4 is 5.32 Å². The molecule has 0 saturated heterocycles. The molecule has 26 heavy (non-hydrogen) atoms. The molecule has 2 aromatic heterocycles. The van der Waals surface area contributed by atoms with Gasteiger partial charge in [-0.25, -0.2) is 4.68 Å². The van der Waals surface area contributed by atoms with Crippen molar-refractivity contribution in [2.75, 3.05) is 5.32 Å². The molecule has 0 spiro atoms. The first-order chi connectivity index (χ1) is 12.8. The lowest BCUT2D eigenvalue weighted by atomic mass is 10.2. The van der Waals surface area contributed by atoms with E-state index < -0.39 is 0 Å². The van der Waals surface area contributed by atoms with Gasteiger partial charge in [-0.05, 0) is 39.9 Å². The zero-order chi connectivity index (χ0) is 17.8. The van der Waals surface area contributed by atoms with Gasteiger partial charge in [0.25, 0.3) is 0 Å². The van der Waals surface area contributed by atoms with Gasteiger partial charge in [0, 0.05) is 11.3 Å². The van der Waals surface area contributed by atoms with Crippen molar-refractivity contribution in [1.82, 2.24) is 40.4 Å². The number of aromatic nitrogens is 8. The van der Waals surface area contributed by atoms with Crippen LogP contribution in [0.5, 0.6) is 0 Å². The van der Waals surface area contributed by atoms with Crippen LogP contribution in [0.4, 0.5) is 5.69 Å². The molecule has 0 unspecified atom stereocenters. The van der Waals surface area contributed by atoms with Gasteiger partial charge in [-0.15, -0.1) is 15.3 Å². The molecule has 0 aliphatic heterocycles. The van der Waals surface area contributed by atoms with Crippen LogP contribution in [0.3, 0.4) is 0 Å². The molecule has 0 radical (unpaired) electrons. The van der Waals surface area contributed by atoms with Gasteiger partial charge in [0.1, 0.15) is 12.9 Å². The molecule has 0 aliphatic rings. The maximum absolute atomic E-state index is 12.2. The van der Waals surface area contributed by atoms with Crippen molar-refractivity contribution in [1.29, 1.82) is 0 Å². The summed E-state index contributed by atoms with van der Waals surface area (Å²) in [5.74, 6) is 0.223. The number of hydrogen-bond donors (Lipinski definition) is 1. The van der Waals surface area contributed by atoms with E-state index in [4.69, 9.17) is 0 Å². The van der Waals surface area contributed by atoms with Gasteiger partial charge >= 0.3 is 0 Å². The van der Waals surface area contributed by atoms with E-state index in [9.17, 15) is 4.79 Å². The van der Waals surface area contributed by atoms with E-state index >= 15 is 0 Å². The number of carbonyl (C=O) groups excluding carboxylic acids is 1. The average molecular weight is 347 g/mol. The van der Waals surface area contributed by atoms with Crippen LogP contribution in [-0.2, 0) is 11.3 Å². The van der Waals surface area contributed by atoms with Gasteiger partial charge in [-0.2, -0.15) is 4.80 Å². The number of tetrazole rings is 2. The second-order valence-corrected chi connectivity index (χ2v) is 5.36. The smallest absolute Gasteiger partial charge is 0.248 e. The lowest BCUT2D eigenvalue weighted by molar-refractivity contribution is -0.117. The van der Waals surface area contributed by atoms with Gasteiger partial charge in [0.15, 0.2) is 0 Å². The van der Waals surface area contributed by atoms with E-state index in [2.05, 4.69) is 36.3 Å². The van der Waals surface area contributed by atoms with E-state index in [0.29, 0.717) is 11.5 Å². The van der Waals surface area contributed by atoms with Crippen molar-refractivity contribution in [2.45, 2.75) is 6.54 Å². The Morgan fingerprint density at radius 2 is 1.81 bits per heavy atom. The van der Waals surface area contributed by atoms with E-state index in [1.807, 2.05) is 30.3 Å². The van der Waals surface area contributed by atoms with E-state index in [0.717, 1.165) is 11.3 Å². The highest BCUT2D eigenvalue weighted by atomic mass is 16.2. The maximum atomic E-state index is 12.2. The third-order valence-corrected chi connectivity index (χ3v) is 3.53. The predicted molar refractivity (Wildman–Crippen MR) is 91.0 cm³/mol. The van der Waals surface area contributed by atoms with Crippen molar-refractivity contribution in [2.24, 2.45) is 0 Å². The number of nitrogens with zero attached hydrogens (tertiary/aromatic N) is 8. The van der Waals surface area contributed by atoms with Crippen molar-refractivity contribution in [3.63, 3.8) is 0 Å². The number of amides is 1. The first kappa shape index (κ1) is 15.6. The van der Waals surface area contributed by atoms with Crippen molar-refractivity contribution in [3.8, 4) is 17.1 Å². The van der Waals surface area contributed by atoms with Crippen LogP contribution in [0.15, 0.2) is 60.9 Å². The lowest BCUT2D eigenvalue weighted by Gasteiger charge is -2.05. The maximum Gasteiger partial charge on any atom is 0.248 e. The van der Waals surface area contributed by atoms with Gasteiger partial charge in [0.05, 0.1) is 5.69 Å². The summed E-state index contributed by atoms with van der Waals surface area (Å²) in [5, 5.41) is 25.8. The quantitative estimate of drug-likeness (QED) is 0.571. The van der Waals surface area contributed by atoms with Crippen LogP contribution in [0.25, 0.3) is 17.1 Å². The number of rotatable bonds is 5. The molecule has 10 nitrogen and oxygen atoms in total. The molecule has 0 atom stereocenters. The second-order valence-electron chi connectivity index (χ2n) is 5.36. The van der Waals surface area contributed by atoms with Crippen LogP contribution >= 0.6 is 0 Å². The molecular weight excluding hydrogens is 334 g/mol. The molecule has 2 aromatic carbocycles. The molecule has 1 amide bonds. The fraction of sp³-hybridized carbons (Fsp3) is 0.0625. The fourth-order valence-electron chi connectivity index (χ4n) is 2.32. The van der Waals surface area contributed by atoms with Crippen molar-refractivity contribution >= 4 is 11.6 Å². The summed E-state index contributed by atoms with van der Waals surface area (Å²) in [4.78, 5) is 13.4. The zero-order valence-electron chi connectivity index (χ0n) is 13.5. The molecule has 128 valence electrons. The molecular formula is C16H13N9O. The van der Waals surface area contributed by atoms with Crippen molar-refractivity contribution in [3.05, 3.63) is 60.9 Å². The Balaban J connectivity index is 1.39. The minimum atomic E-state index is -0.253. The summed E-state index contributed by atoms with van der Waals surface area (Å²) in [5.41, 5.74) is 2.28. The molecule has 2 heterocycles. The number of benzene rings is 2. The number of hydrogen-bond acceptors (Lipinski definition) is 7. The Kier molecular flexibility index (Phi) is 4.13. The Bertz CT molecular complexity index is 994. The second kappa shape index (κ2) is 6.89. The zero-order valence-corrected chi connectivity index (χ0v) is 13.5. The molecule has 4 rings (SSSR count). The molecule has 10 heteroatoms. The van der Waals surface area contributed by atoms with E-state index in [-0.39, 0.29) is 12.5 Å². The summed E-state index contributed by atoms with van der Waals surface area (Å²) in [6.07, 6.45) is 1.49. The molecule has 0 fully saturated rings.